The minimum atomic E-state index is -0.477. The molecule has 2 rings (SSSR count). The number of ether oxygens (including phenoxy) is 1. The van der Waals surface area contributed by atoms with E-state index in [1.165, 1.54) is 31.4 Å². The fourth-order valence-corrected chi connectivity index (χ4v) is 2.27. The molecule has 0 atom stereocenters. The van der Waals surface area contributed by atoms with Crippen LogP contribution in [-0.2, 0) is 4.74 Å². The Labute approximate surface area is 155 Å². The first-order valence-electron chi connectivity index (χ1n) is 7.57. The zero-order valence-corrected chi connectivity index (χ0v) is 15.0. The first-order valence-corrected chi connectivity index (χ1v) is 7.98. The molecule has 0 fully saturated rings. The second kappa shape index (κ2) is 8.72. The van der Waals surface area contributed by atoms with E-state index in [2.05, 4.69) is 20.7 Å². The summed E-state index contributed by atoms with van der Waals surface area (Å²) >= 11 is 5.11. The molecule has 0 aliphatic carbocycles. The van der Waals surface area contributed by atoms with E-state index in [1.54, 1.807) is 31.3 Å². The molecule has 0 bridgehead atoms. The lowest BCUT2D eigenvalue weighted by atomic mass is 10.1. The molecule has 0 spiro atoms. The van der Waals surface area contributed by atoms with Crippen LogP contribution in [0.15, 0.2) is 48.5 Å². The van der Waals surface area contributed by atoms with Gasteiger partial charge in [-0.25, -0.2) is 4.79 Å². The molecule has 0 aliphatic rings. The van der Waals surface area contributed by atoms with E-state index in [4.69, 9.17) is 12.2 Å². The number of esters is 1. The topological polar surface area (TPSA) is 96.5 Å². The molecule has 0 heterocycles. The van der Waals surface area contributed by atoms with Crippen LogP contribution in [0.4, 0.5) is 5.69 Å². The summed E-state index contributed by atoms with van der Waals surface area (Å²) in [7, 11) is 2.84. The van der Waals surface area contributed by atoms with Gasteiger partial charge in [0.2, 0.25) is 0 Å². The number of hydrogen-bond acceptors (Lipinski definition) is 5. The van der Waals surface area contributed by atoms with Gasteiger partial charge in [-0.05, 0) is 60.7 Å². The Morgan fingerprint density at radius 1 is 0.846 bits per heavy atom. The molecule has 0 radical (unpaired) electrons. The maximum Gasteiger partial charge on any atom is 0.337 e. The molecule has 134 valence electrons. The van der Waals surface area contributed by atoms with Crippen LogP contribution in [0.3, 0.4) is 0 Å². The summed E-state index contributed by atoms with van der Waals surface area (Å²) in [6, 6.07) is 12.6. The Morgan fingerprint density at radius 3 is 1.88 bits per heavy atom. The monoisotopic (exact) mass is 371 g/mol. The molecule has 0 unspecified atom stereocenters. The predicted octanol–water partition coefficient (Wildman–Crippen LogP) is 1.96. The van der Waals surface area contributed by atoms with Gasteiger partial charge in [0.25, 0.3) is 11.8 Å². The lowest BCUT2D eigenvalue weighted by Crippen LogP contribution is -2.34. The van der Waals surface area contributed by atoms with Crippen LogP contribution < -0.4 is 16.0 Å². The molecule has 0 aliphatic heterocycles. The summed E-state index contributed by atoms with van der Waals surface area (Å²) in [6.07, 6.45) is 0. The van der Waals surface area contributed by atoms with Gasteiger partial charge < -0.3 is 15.4 Å². The number of carbonyl (C=O) groups is 3. The number of nitrogens with one attached hydrogen (secondary N) is 3. The third-order valence-corrected chi connectivity index (χ3v) is 3.63. The minimum absolute atomic E-state index is 0.111. The SMILES string of the molecule is CNC(=O)c1ccc(NC(=S)NC(=O)c2ccc(C(=O)OC)cc2)cc1. The maximum atomic E-state index is 12.2. The highest BCUT2D eigenvalue weighted by Gasteiger charge is 2.11. The number of rotatable bonds is 4. The molecule has 26 heavy (non-hydrogen) atoms. The van der Waals surface area contributed by atoms with E-state index in [0.29, 0.717) is 22.4 Å². The van der Waals surface area contributed by atoms with Gasteiger partial charge in [-0.1, -0.05) is 0 Å². The highest BCUT2D eigenvalue weighted by Crippen LogP contribution is 2.10. The van der Waals surface area contributed by atoms with Crippen molar-refractivity contribution in [2.45, 2.75) is 0 Å². The standard InChI is InChI=1S/C18H17N3O4S/c1-19-15(22)11-7-9-14(10-8-11)20-18(26)21-16(23)12-3-5-13(6-4-12)17(24)25-2/h3-10H,1-2H3,(H,19,22)(H2,20,21,23,26). The predicted molar refractivity (Wildman–Crippen MR) is 101 cm³/mol. The number of methoxy groups -OCH3 is 1. The van der Waals surface area contributed by atoms with Crippen molar-refractivity contribution in [1.82, 2.24) is 10.6 Å². The Hall–Kier alpha value is -3.26. The molecule has 0 aromatic heterocycles. The van der Waals surface area contributed by atoms with E-state index in [1.807, 2.05) is 0 Å². The molecule has 8 heteroatoms. The van der Waals surface area contributed by atoms with Crippen LogP contribution in [0.1, 0.15) is 31.1 Å². The van der Waals surface area contributed by atoms with Gasteiger partial charge in [0.05, 0.1) is 12.7 Å². The molecule has 2 aromatic carbocycles. The van der Waals surface area contributed by atoms with Crippen molar-refractivity contribution in [2.75, 3.05) is 19.5 Å². The summed E-state index contributed by atoms with van der Waals surface area (Å²) in [4.78, 5) is 35.0. The second-order valence-corrected chi connectivity index (χ2v) is 5.54. The smallest absolute Gasteiger partial charge is 0.337 e. The average molecular weight is 371 g/mol. The molecule has 2 amide bonds. The van der Waals surface area contributed by atoms with E-state index in [9.17, 15) is 14.4 Å². The molecule has 7 nitrogen and oxygen atoms in total. The number of benzene rings is 2. The van der Waals surface area contributed by atoms with Crippen LogP contribution in [-0.4, -0.2) is 37.1 Å². The summed E-state index contributed by atoms with van der Waals surface area (Å²) in [5.41, 5.74) is 1.83. The molecule has 2 aromatic rings. The quantitative estimate of drug-likeness (QED) is 0.562. The highest BCUT2D eigenvalue weighted by atomic mass is 32.1. The molecule has 0 saturated heterocycles. The normalized spacial score (nSPS) is 9.77. The zero-order chi connectivity index (χ0) is 19.1. The van der Waals surface area contributed by atoms with Crippen LogP contribution in [0, 0.1) is 0 Å². The first kappa shape index (κ1) is 19.1. The van der Waals surface area contributed by atoms with Crippen molar-refractivity contribution in [2.24, 2.45) is 0 Å². The van der Waals surface area contributed by atoms with Gasteiger partial charge in [0.15, 0.2) is 5.11 Å². The lowest BCUT2D eigenvalue weighted by molar-refractivity contribution is 0.0600. The van der Waals surface area contributed by atoms with Crippen molar-refractivity contribution in [3.63, 3.8) is 0 Å². The number of carbonyl (C=O) groups excluding carboxylic acids is 3. The summed E-state index contributed by atoms with van der Waals surface area (Å²) < 4.78 is 4.60. The van der Waals surface area contributed by atoms with E-state index in [0.717, 1.165) is 0 Å². The number of anilines is 1. The van der Waals surface area contributed by atoms with Gasteiger partial charge in [0.1, 0.15) is 0 Å². The third-order valence-electron chi connectivity index (χ3n) is 3.43. The third kappa shape index (κ3) is 4.87. The molecule has 0 saturated carbocycles. The molecule has 3 N–H and O–H groups in total. The van der Waals surface area contributed by atoms with Crippen LogP contribution >= 0.6 is 12.2 Å². The summed E-state index contributed by atoms with van der Waals surface area (Å²) in [5, 5.41) is 8.04. The molecular formula is C18H17N3O4S. The average Bonchev–Trinajstić information content (AvgIpc) is 2.67. The summed E-state index contributed by atoms with van der Waals surface area (Å²) in [5.74, 6) is -1.09. The fourth-order valence-electron chi connectivity index (χ4n) is 2.06. The van der Waals surface area contributed by atoms with Crippen LogP contribution in [0.2, 0.25) is 0 Å². The van der Waals surface area contributed by atoms with Crippen LogP contribution in [0.25, 0.3) is 0 Å². The largest absolute Gasteiger partial charge is 0.465 e. The first-order chi connectivity index (χ1) is 12.4. The van der Waals surface area contributed by atoms with Crippen molar-refractivity contribution in [3.05, 3.63) is 65.2 Å². The maximum absolute atomic E-state index is 12.2. The number of amides is 2. The van der Waals surface area contributed by atoms with Crippen molar-refractivity contribution in [1.29, 1.82) is 0 Å². The number of hydrogen-bond donors (Lipinski definition) is 3. The van der Waals surface area contributed by atoms with Gasteiger partial charge in [-0.15, -0.1) is 0 Å². The Kier molecular flexibility index (Phi) is 6.40. The minimum Gasteiger partial charge on any atom is -0.465 e. The Bertz CT molecular complexity index is 833. The summed E-state index contributed by atoms with van der Waals surface area (Å²) in [6.45, 7) is 0. The Morgan fingerprint density at radius 2 is 1.35 bits per heavy atom. The van der Waals surface area contributed by atoms with Gasteiger partial charge in [-0.3, -0.25) is 14.9 Å². The van der Waals surface area contributed by atoms with E-state index >= 15 is 0 Å². The van der Waals surface area contributed by atoms with Crippen molar-refractivity contribution < 1.29 is 19.1 Å². The fraction of sp³-hybridized carbons (Fsp3) is 0.111. The van der Waals surface area contributed by atoms with Gasteiger partial charge in [-0.2, -0.15) is 0 Å². The Balaban J connectivity index is 1.95. The van der Waals surface area contributed by atoms with E-state index in [-0.39, 0.29) is 11.0 Å². The van der Waals surface area contributed by atoms with Crippen molar-refractivity contribution >= 4 is 40.8 Å². The number of thiocarbonyl (C=S) groups is 1. The van der Waals surface area contributed by atoms with Gasteiger partial charge in [0, 0.05) is 23.9 Å². The second-order valence-electron chi connectivity index (χ2n) is 5.13. The highest BCUT2D eigenvalue weighted by molar-refractivity contribution is 7.80. The van der Waals surface area contributed by atoms with E-state index < -0.39 is 11.9 Å². The van der Waals surface area contributed by atoms with Gasteiger partial charge >= 0.3 is 5.97 Å². The van der Waals surface area contributed by atoms with Crippen LogP contribution in [0.5, 0.6) is 0 Å². The molecular weight excluding hydrogens is 354 g/mol. The zero-order valence-electron chi connectivity index (χ0n) is 14.2. The lowest BCUT2D eigenvalue weighted by Gasteiger charge is -2.10. The van der Waals surface area contributed by atoms with Crippen molar-refractivity contribution in [3.8, 4) is 0 Å².